The molecule has 0 aromatic heterocycles. The van der Waals surface area contributed by atoms with Crippen LogP contribution in [-0.2, 0) is 4.79 Å². The highest BCUT2D eigenvalue weighted by molar-refractivity contribution is 5.79. The van der Waals surface area contributed by atoms with Crippen LogP contribution >= 0.6 is 0 Å². The molecule has 0 saturated heterocycles. The Morgan fingerprint density at radius 3 is 2.30 bits per heavy atom. The molecule has 0 bridgehead atoms. The largest absolute Gasteiger partial charge is 0.368 e. The zero-order chi connectivity index (χ0) is 8.15. The first-order valence-corrected chi connectivity index (χ1v) is 3.38. The second kappa shape index (κ2) is 4.24. The van der Waals surface area contributed by atoms with Crippen LogP contribution in [0.15, 0.2) is 0 Å². The first-order valence-electron chi connectivity index (χ1n) is 3.38. The minimum Gasteiger partial charge on any atom is -0.368 e. The molecule has 0 fully saturated rings. The number of likely N-dealkylation sites (N-methyl/N-ethyl adjacent to an activating group) is 1. The third-order valence-corrected chi connectivity index (χ3v) is 1.40. The summed E-state index contributed by atoms with van der Waals surface area (Å²) in [7, 11) is 0. The number of carbonyl (C=O) groups is 1. The van der Waals surface area contributed by atoms with Crippen molar-refractivity contribution in [3.63, 3.8) is 0 Å². The van der Waals surface area contributed by atoms with Crippen LogP contribution in [-0.4, -0.2) is 28.8 Å². The number of amides is 1. The normalized spacial score (nSPS) is 13.6. The minimum absolute atomic E-state index is 0.418. The summed E-state index contributed by atoms with van der Waals surface area (Å²) in [6.07, 6.45) is 0.541. The van der Waals surface area contributed by atoms with E-state index < -0.39 is 11.9 Å². The molecule has 0 saturated carbocycles. The van der Waals surface area contributed by atoms with Gasteiger partial charge in [0.15, 0.2) is 0 Å². The van der Waals surface area contributed by atoms with Gasteiger partial charge in [0.2, 0.25) is 5.91 Å². The van der Waals surface area contributed by atoms with Gasteiger partial charge in [0.25, 0.3) is 0 Å². The smallest absolute Gasteiger partial charge is 0.237 e. The van der Waals surface area contributed by atoms with Crippen LogP contribution in [0.2, 0.25) is 0 Å². The van der Waals surface area contributed by atoms with E-state index in [2.05, 4.69) is 0 Å². The highest BCUT2D eigenvalue weighted by atomic mass is 16.5. The van der Waals surface area contributed by atoms with Crippen LogP contribution in [0.5, 0.6) is 0 Å². The Bertz CT molecular complexity index is 116. The van der Waals surface area contributed by atoms with Gasteiger partial charge in [-0.1, -0.05) is 13.8 Å². The van der Waals surface area contributed by atoms with Gasteiger partial charge in [0.05, 0.1) is 0 Å². The lowest BCUT2D eigenvalue weighted by molar-refractivity contribution is -0.151. The molecule has 1 atom stereocenters. The molecule has 0 aromatic rings. The molecule has 4 heteroatoms. The van der Waals surface area contributed by atoms with Gasteiger partial charge in [0.1, 0.15) is 6.04 Å². The van der Waals surface area contributed by atoms with Crippen molar-refractivity contribution in [3.05, 3.63) is 0 Å². The van der Waals surface area contributed by atoms with Crippen molar-refractivity contribution >= 4 is 5.91 Å². The van der Waals surface area contributed by atoms with Gasteiger partial charge < -0.3 is 10.9 Å². The van der Waals surface area contributed by atoms with Gasteiger partial charge in [-0.05, 0) is 6.42 Å². The van der Waals surface area contributed by atoms with E-state index in [1.54, 1.807) is 13.8 Å². The minimum atomic E-state index is -0.537. The summed E-state index contributed by atoms with van der Waals surface area (Å²) >= 11 is 0. The standard InChI is InChI=1S/C6H14N2O2/c1-3-5(6(7)9)8(10)4-2/h5,10H,3-4H2,1-2H3,(H2,7,9). The SMILES string of the molecule is CCC(C(N)=O)N(O)CC. The Labute approximate surface area is 60.6 Å². The van der Waals surface area contributed by atoms with E-state index in [0.29, 0.717) is 13.0 Å². The summed E-state index contributed by atoms with van der Waals surface area (Å²) in [5.74, 6) is -0.480. The molecule has 0 radical (unpaired) electrons. The number of hydrogen-bond donors (Lipinski definition) is 2. The lowest BCUT2D eigenvalue weighted by Gasteiger charge is -2.19. The zero-order valence-electron chi connectivity index (χ0n) is 6.37. The van der Waals surface area contributed by atoms with Crippen molar-refractivity contribution in [2.75, 3.05) is 6.54 Å². The van der Waals surface area contributed by atoms with E-state index in [9.17, 15) is 4.79 Å². The monoisotopic (exact) mass is 146 g/mol. The zero-order valence-corrected chi connectivity index (χ0v) is 6.37. The summed E-state index contributed by atoms with van der Waals surface area (Å²) in [5, 5.41) is 9.97. The van der Waals surface area contributed by atoms with Gasteiger partial charge in [0, 0.05) is 6.54 Å². The van der Waals surface area contributed by atoms with Gasteiger partial charge in [-0.15, -0.1) is 0 Å². The van der Waals surface area contributed by atoms with Crippen LogP contribution in [0.3, 0.4) is 0 Å². The fourth-order valence-electron chi connectivity index (χ4n) is 0.779. The molecule has 0 aliphatic heterocycles. The summed E-state index contributed by atoms with van der Waals surface area (Å²) in [5.41, 5.74) is 4.98. The summed E-state index contributed by atoms with van der Waals surface area (Å²) in [6.45, 7) is 3.97. The summed E-state index contributed by atoms with van der Waals surface area (Å²) in [4.78, 5) is 10.6. The van der Waals surface area contributed by atoms with Crippen molar-refractivity contribution in [2.24, 2.45) is 5.73 Å². The molecule has 0 rings (SSSR count). The Kier molecular flexibility index (Phi) is 3.99. The van der Waals surface area contributed by atoms with Crippen LogP contribution in [0, 0.1) is 0 Å². The highest BCUT2D eigenvalue weighted by Gasteiger charge is 2.17. The van der Waals surface area contributed by atoms with Crippen molar-refractivity contribution in [1.29, 1.82) is 0 Å². The molecule has 1 amide bonds. The fraction of sp³-hybridized carbons (Fsp3) is 0.833. The average Bonchev–Trinajstić information content (AvgIpc) is 1.88. The van der Waals surface area contributed by atoms with Crippen molar-refractivity contribution in [1.82, 2.24) is 5.06 Å². The Hall–Kier alpha value is -0.610. The second-order valence-electron chi connectivity index (χ2n) is 2.08. The lowest BCUT2D eigenvalue weighted by Crippen LogP contribution is -2.42. The molecular formula is C6H14N2O2. The molecule has 0 aromatic carbocycles. The molecular weight excluding hydrogens is 132 g/mol. The number of nitrogens with zero attached hydrogens (tertiary/aromatic N) is 1. The third kappa shape index (κ3) is 2.33. The summed E-state index contributed by atoms with van der Waals surface area (Å²) in [6, 6.07) is -0.537. The fourth-order valence-corrected chi connectivity index (χ4v) is 0.779. The molecule has 60 valence electrons. The van der Waals surface area contributed by atoms with Crippen LogP contribution in [0.1, 0.15) is 20.3 Å². The average molecular weight is 146 g/mol. The molecule has 0 aliphatic carbocycles. The first kappa shape index (κ1) is 9.39. The van der Waals surface area contributed by atoms with Crippen molar-refractivity contribution in [2.45, 2.75) is 26.3 Å². The number of nitrogens with two attached hydrogens (primary N) is 1. The number of hydroxylamine groups is 2. The van der Waals surface area contributed by atoms with E-state index in [0.717, 1.165) is 5.06 Å². The van der Waals surface area contributed by atoms with Crippen LogP contribution in [0.4, 0.5) is 0 Å². The van der Waals surface area contributed by atoms with Gasteiger partial charge in [-0.25, -0.2) is 0 Å². The second-order valence-corrected chi connectivity index (χ2v) is 2.08. The number of rotatable bonds is 4. The van der Waals surface area contributed by atoms with E-state index in [1.165, 1.54) is 0 Å². The van der Waals surface area contributed by atoms with Gasteiger partial charge in [-0.2, -0.15) is 5.06 Å². The van der Waals surface area contributed by atoms with Gasteiger partial charge in [-0.3, -0.25) is 4.79 Å². The van der Waals surface area contributed by atoms with Crippen LogP contribution < -0.4 is 5.73 Å². The topological polar surface area (TPSA) is 66.6 Å². The molecule has 0 aliphatic rings. The highest BCUT2D eigenvalue weighted by Crippen LogP contribution is 1.98. The quantitative estimate of drug-likeness (QED) is 0.547. The third-order valence-electron chi connectivity index (χ3n) is 1.40. The molecule has 3 N–H and O–H groups in total. The van der Waals surface area contributed by atoms with Crippen LogP contribution in [0.25, 0.3) is 0 Å². The maximum Gasteiger partial charge on any atom is 0.237 e. The first-order chi connectivity index (χ1) is 4.63. The van der Waals surface area contributed by atoms with E-state index >= 15 is 0 Å². The van der Waals surface area contributed by atoms with Crippen molar-refractivity contribution < 1.29 is 10.0 Å². The maximum absolute atomic E-state index is 10.6. The number of hydrogen-bond acceptors (Lipinski definition) is 3. The Morgan fingerprint density at radius 2 is 2.20 bits per heavy atom. The van der Waals surface area contributed by atoms with Gasteiger partial charge >= 0.3 is 0 Å². The van der Waals surface area contributed by atoms with E-state index in [4.69, 9.17) is 10.9 Å². The molecule has 0 heterocycles. The number of primary amides is 1. The molecule has 4 nitrogen and oxygen atoms in total. The maximum atomic E-state index is 10.6. The molecule has 10 heavy (non-hydrogen) atoms. The summed E-state index contributed by atoms with van der Waals surface area (Å²) < 4.78 is 0. The van der Waals surface area contributed by atoms with Crippen molar-refractivity contribution in [3.8, 4) is 0 Å². The Balaban J connectivity index is 3.92. The number of carbonyl (C=O) groups excluding carboxylic acids is 1. The molecule has 1 unspecified atom stereocenters. The predicted molar refractivity (Wildman–Crippen MR) is 37.4 cm³/mol. The molecule has 0 spiro atoms. The lowest BCUT2D eigenvalue weighted by atomic mass is 10.2. The van der Waals surface area contributed by atoms with E-state index in [-0.39, 0.29) is 0 Å². The van der Waals surface area contributed by atoms with E-state index in [1.807, 2.05) is 0 Å². The predicted octanol–water partition coefficient (Wildman–Crippen LogP) is -0.0386. The Morgan fingerprint density at radius 1 is 1.70 bits per heavy atom.